The summed E-state index contributed by atoms with van der Waals surface area (Å²) in [6.07, 6.45) is 0.966. The fourth-order valence-corrected chi connectivity index (χ4v) is 6.64. The number of fused-ring (bicyclic) bond motifs is 1. The Morgan fingerprint density at radius 2 is 1.76 bits per heavy atom. The van der Waals surface area contributed by atoms with Crippen LogP contribution in [0.5, 0.6) is 0 Å². The molecule has 222 valence electrons. The second kappa shape index (κ2) is 12.7. The molecule has 9 heteroatoms. The number of ether oxygens (including phenoxy) is 2. The summed E-state index contributed by atoms with van der Waals surface area (Å²) in [6.45, 7) is 17.2. The molecule has 0 aliphatic carbocycles. The van der Waals surface area contributed by atoms with Crippen molar-refractivity contribution in [3.05, 3.63) is 64.8 Å². The number of benzene rings is 2. The maximum Gasteiger partial charge on any atom is 0.339 e. The fourth-order valence-electron chi connectivity index (χ4n) is 5.39. The summed E-state index contributed by atoms with van der Waals surface area (Å²) in [6, 6.07) is 13.9. The third kappa shape index (κ3) is 6.62. The molecule has 42 heavy (non-hydrogen) atoms. The number of thiazole rings is 1. The number of piperazine rings is 1. The molecule has 0 radical (unpaired) electrons. The maximum atomic E-state index is 13.4. The van der Waals surface area contributed by atoms with Gasteiger partial charge >= 0.3 is 5.97 Å². The highest BCUT2D eigenvalue weighted by Gasteiger charge is 2.33. The zero-order valence-electron chi connectivity index (χ0n) is 25.2. The smallest absolute Gasteiger partial charge is 0.339 e. The molecule has 1 fully saturated rings. The number of halogens is 1. The van der Waals surface area contributed by atoms with Crippen LogP contribution in [0, 0.1) is 6.92 Å². The normalized spacial score (nSPS) is 15.3. The minimum absolute atomic E-state index is 0.267. The van der Waals surface area contributed by atoms with E-state index < -0.39 is 17.7 Å². The van der Waals surface area contributed by atoms with E-state index >= 15 is 0 Å². The molecule has 1 aliphatic rings. The van der Waals surface area contributed by atoms with Gasteiger partial charge in [-0.25, -0.2) is 14.8 Å². The maximum absolute atomic E-state index is 13.4. The van der Waals surface area contributed by atoms with Crippen LogP contribution in [0.1, 0.15) is 51.8 Å². The summed E-state index contributed by atoms with van der Waals surface area (Å²) in [4.78, 5) is 28.0. The van der Waals surface area contributed by atoms with Gasteiger partial charge in [-0.2, -0.15) is 0 Å². The molecule has 1 unspecified atom stereocenters. The zero-order chi connectivity index (χ0) is 30.0. The molecule has 4 aromatic rings. The Morgan fingerprint density at radius 3 is 2.40 bits per heavy atom. The SMILES string of the molecule is CCOC(=O)C(OC(C)(C)C)c1c(C)cc2nc(-c3ccnc(N4CCN(CC)CC4)c3)sc2c1-c1ccc(Cl)cc1. The molecule has 3 heterocycles. The average Bonchev–Trinajstić information content (AvgIpc) is 3.39. The Labute approximate surface area is 257 Å². The van der Waals surface area contributed by atoms with Gasteiger partial charge in [-0.05, 0) is 82.6 Å². The number of hydrogen-bond donors (Lipinski definition) is 0. The first-order valence-electron chi connectivity index (χ1n) is 14.6. The Balaban J connectivity index is 1.65. The highest BCUT2D eigenvalue weighted by atomic mass is 35.5. The Kier molecular flexibility index (Phi) is 9.18. The highest BCUT2D eigenvalue weighted by molar-refractivity contribution is 7.22. The van der Waals surface area contributed by atoms with E-state index in [-0.39, 0.29) is 6.61 Å². The fraction of sp³-hybridized carbons (Fsp3) is 0.424. The summed E-state index contributed by atoms with van der Waals surface area (Å²) < 4.78 is 12.9. The van der Waals surface area contributed by atoms with Crippen molar-refractivity contribution in [3.63, 3.8) is 0 Å². The predicted octanol–water partition coefficient (Wildman–Crippen LogP) is 7.55. The van der Waals surface area contributed by atoms with Gasteiger partial charge in [0.05, 0.1) is 22.4 Å². The van der Waals surface area contributed by atoms with E-state index in [9.17, 15) is 4.79 Å². The molecule has 5 rings (SSSR count). The average molecular weight is 607 g/mol. The van der Waals surface area contributed by atoms with Crippen molar-refractivity contribution in [2.45, 2.75) is 53.2 Å². The lowest BCUT2D eigenvalue weighted by molar-refractivity contribution is -0.166. The standard InChI is InChI=1S/C33H39ClN4O3S/c1-7-37-15-17-38(18-16-37)26-20-23(13-14-35-26)31-36-25-19-21(3)27(29(32(39)40-8-2)41-33(4,5)6)28(30(25)42-31)22-9-11-24(34)12-10-22/h9-14,19-20,29H,7-8,15-18H2,1-6H3. The van der Waals surface area contributed by atoms with Crippen LogP contribution in [-0.2, 0) is 14.3 Å². The van der Waals surface area contributed by atoms with Gasteiger partial charge < -0.3 is 19.3 Å². The quantitative estimate of drug-likeness (QED) is 0.192. The van der Waals surface area contributed by atoms with Crippen molar-refractivity contribution in [1.82, 2.24) is 14.9 Å². The molecule has 0 spiro atoms. The number of nitrogens with zero attached hydrogens (tertiary/aromatic N) is 4. The number of carbonyl (C=O) groups is 1. The second-order valence-corrected chi connectivity index (χ2v) is 13.0. The first-order valence-corrected chi connectivity index (χ1v) is 15.8. The third-order valence-electron chi connectivity index (χ3n) is 7.43. The molecule has 2 aromatic heterocycles. The summed E-state index contributed by atoms with van der Waals surface area (Å²) in [5.41, 5.74) is 4.87. The third-order valence-corrected chi connectivity index (χ3v) is 8.82. The van der Waals surface area contributed by atoms with Crippen LogP contribution in [0.2, 0.25) is 5.02 Å². The molecule has 1 aliphatic heterocycles. The molecule has 0 N–H and O–H groups in total. The number of rotatable bonds is 8. The van der Waals surface area contributed by atoms with Gasteiger partial charge in [0.1, 0.15) is 10.8 Å². The topological polar surface area (TPSA) is 67.8 Å². The number of carbonyl (C=O) groups excluding carboxylic acids is 1. The largest absolute Gasteiger partial charge is 0.464 e. The molecular formula is C33H39ClN4O3S. The lowest BCUT2D eigenvalue weighted by Crippen LogP contribution is -2.46. The molecule has 1 atom stereocenters. The Morgan fingerprint density at radius 1 is 1.05 bits per heavy atom. The van der Waals surface area contributed by atoms with Gasteiger partial charge in [0.25, 0.3) is 0 Å². The van der Waals surface area contributed by atoms with Gasteiger partial charge in [0.15, 0.2) is 6.10 Å². The van der Waals surface area contributed by atoms with E-state index in [1.54, 1.807) is 11.3 Å². The number of aromatic nitrogens is 2. The molecule has 1 saturated heterocycles. The van der Waals surface area contributed by atoms with Crippen molar-refractivity contribution in [3.8, 4) is 21.7 Å². The molecule has 0 bridgehead atoms. The second-order valence-electron chi connectivity index (χ2n) is 11.5. The number of anilines is 1. The highest BCUT2D eigenvalue weighted by Crippen LogP contribution is 2.44. The first kappa shape index (κ1) is 30.4. The Hall–Kier alpha value is -3.04. The monoisotopic (exact) mass is 606 g/mol. The van der Waals surface area contributed by atoms with Crippen molar-refractivity contribution < 1.29 is 14.3 Å². The molecule has 0 saturated carbocycles. The van der Waals surface area contributed by atoms with Gasteiger partial charge in [0.2, 0.25) is 0 Å². The Bertz CT molecular complexity index is 1560. The number of pyridine rings is 1. The van der Waals surface area contributed by atoms with E-state index in [2.05, 4.69) is 28.9 Å². The van der Waals surface area contributed by atoms with Crippen molar-refractivity contribution in [2.75, 3.05) is 44.2 Å². The first-order chi connectivity index (χ1) is 20.1. The summed E-state index contributed by atoms with van der Waals surface area (Å²) >= 11 is 7.90. The van der Waals surface area contributed by atoms with Crippen LogP contribution >= 0.6 is 22.9 Å². The van der Waals surface area contributed by atoms with Crippen LogP contribution in [-0.4, -0.2) is 65.8 Å². The summed E-state index contributed by atoms with van der Waals surface area (Å²) in [7, 11) is 0. The zero-order valence-corrected chi connectivity index (χ0v) is 26.8. The van der Waals surface area contributed by atoms with Gasteiger partial charge in [-0.15, -0.1) is 11.3 Å². The molecule has 7 nitrogen and oxygen atoms in total. The van der Waals surface area contributed by atoms with E-state index in [0.717, 1.165) is 81.6 Å². The van der Waals surface area contributed by atoms with Gasteiger partial charge in [0, 0.05) is 54.1 Å². The van der Waals surface area contributed by atoms with E-state index in [4.69, 9.17) is 31.0 Å². The number of esters is 1. The lowest BCUT2D eigenvalue weighted by atomic mass is 9.91. The number of hydrogen-bond acceptors (Lipinski definition) is 8. The molecular weight excluding hydrogens is 568 g/mol. The van der Waals surface area contributed by atoms with Crippen molar-refractivity contribution >= 4 is 44.9 Å². The minimum Gasteiger partial charge on any atom is -0.464 e. The van der Waals surface area contributed by atoms with Crippen LogP contribution in [0.4, 0.5) is 5.82 Å². The summed E-state index contributed by atoms with van der Waals surface area (Å²) in [5, 5.41) is 1.54. The van der Waals surface area contributed by atoms with E-state index in [1.807, 2.05) is 71.1 Å². The summed E-state index contributed by atoms with van der Waals surface area (Å²) in [5.74, 6) is 0.565. The molecule has 2 aromatic carbocycles. The minimum atomic E-state index is -0.903. The van der Waals surface area contributed by atoms with Crippen LogP contribution in [0.3, 0.4) is 0 Å². The molecule has 0 amide bonds. The number of likely N-dealkylation sites (N-methyl/N-ethyl adjacent to an activating group) is 1. The van der Waals surface area contributed by atoms with E-state index in [0.29, 0.717) is 5.02 Å². The van der Waals surface area contributed by atoms with Crippen LogP contribution < -0.4 is 4.90 Å². The predicted molar refractivity (Wildman–Crippen MR) is 173 cm³/mol. The van der Waals surface area contributed by atoms with Gasteiger partial charge in [-0.3, -0.25) is 0 Å². The van der Waals surface area contributed by atoms with Gasteiger partial charge in [-0.1, -0.05) is 30.7 Å². The lowest BCUT2D eigenvalue weighted by Gasteiger charge is -2.34. The van der Waals surface area contributed by atoms with Crippen LogP contribution in [0.25, 0.3) is 31.9 Å². The van der Waals surface area contributed by atoms with Crippen molar-refractivity contribution in [1.29, 1.82) is 0 Å². The van der Waals surface area contributed by atoms with Crippen LogP contribution in [0.15, 0.2) is 48.7 Å². The number of aryl methyl sites for hydroxylation is 1. The van der Waals surface area contributed by atoms with E-state index in [1.165, 1.54) is 0 Å². The van der Waals surface area contributed by atoms with Crippen molar-refractivity contribution in [2.24, 2.45) is 0 Å².